The third kappa shape index (κ3) is 5.45. The van der Waals surface area contributed by atoms with E-state index in [1.165, 1.54) is 6.20 Å². The van der Waals surface area contributed by atoms with E-state index in [4.69, 9.17) is 23.9 Å². The smallest absolute Gasteiger partial charge is 0.253 e. The molecule has 210 valence electrons. The van der Waals surface area contributed by atoms with E-state index in [2.05, 4.69) is 30.9 Å². The summed E-state index contributed by atoms with van der Waals surface area (Å²) in [7, 11) is 1.61. The average Bonchev–Trinajstić information content (AvgIpc) is 3.73. The number of methoxy groups -OCH3 is 1. The van der Waals surface area contributed by atoms with Crippen molar-refractivity contribution in [3.05, 3.63) is 89.9 Å². The fourth-order valence-electron chi connectivity index (χ4n) is 4.48. The van der Waals surface area contributed by atoms with Gasteiger partial charge in [-0.15, -0.1) is 10.2 Å². The van der Waals surface area contributed by atoms with Gasteiger partial charge in [-0.2, -0.15) is 5.21 Å². The lowest BCUT2D eigenvalue weighted by molar-refractivity contribution is 0.0957. The first kappa shape index (κ1) is 26.4. The maximum atomic E-state index is 12.5. The van der Waals surface area contributed by atoms with Crippen LogP contribution in [0.1, 0.15) is 21.6 Å². The van der Waals surface area contributed by atoms with Crippen LogP contribution in [-0.2, 0) is 0 Å². The lowest BCUT2D eigenvalue weighted by Crippen LogP contribution is -2.23. The molecule has 0 atom stereocenters. The van der Waals surface area contributed by atoms with Gasteiger partial charge in [-0.3, -0.25) is 9.78 Å². The van der Waals surface area contributed by atoms with Gasteiger partial charge in [0.05, 0.1) is 18.2 Å². The van der Waals surface area contributed by atoms with Crippen LogP contribution in [0.5, 0.6) is 28.9 Å². The molecule has 2 aromatic carbocycles. The number of hydrogen-bond acceptors (Lipinski definition) is 10. The number of pyridine rings is 2. The van der Waals surface area contributed by atoms with Gasteiger partial charge < -0.3 is 24.3 Å². The first-order chi connectivity index (χ1) is 20.6. The summed E-state index contributed by atoms with van der Waals surface area (Å²) in [6, 6.07) is 16.3. The van der Waals surface area contributed by atoms with Crippen LogP contribution in [0.2, 0.25) is 0 Å². The second kappa shape index (κ2) is 11.8. The van der Waals surface area contributed by atoms with E-state index in [9.17, 15) is 4.79 Å². The molecule has 3 aromatic heterocycles. The number of nitrogens with one attached hydrogen (secondary N) is 2. The number of nitrogens with zero attached hydrogens (tertiary/aromatic N) is 5. The molecule has 5 aromatic rings. The van der Waals surface area contributed by atoms with Gasteiger partial charge in [0.15, 0.2) is 11.5 Å². The van der Waals surface area contributed by atoms with Gasteiger partial charge in [0.2, 0.25) is 18.5 Å². The molecule has 0 aliphatic carbocycles. The number of aryl methyl sites for hydroxylation is 1. The summed E-state index contributed by atoms with van der Waals surface area (Å²) in [5.74, 6) is 2.77. The standard InChI is InChI=1S/C30H25N7O5/c1-18-23(6-4-14-32-29(38)20-5-3-13-31-16-20)26(19-7-9-21(39-2)10-8-19)27(28-34-36-37-35-28)30(33-18)42-22-11-12-24-25(15-22)41-17-40-24/h3-13,15-16H,14,17H2,1-2H3,(H,32,38)(H,34,35,36,37). The van der Waals surface area contributed by atoms with Crippen molar-refractivity contribution in [2.75, 3.05) is 20.4 Å². The molecule has 1 aliphatic rings. The van der Waals surface area contributed by atoms with Crippen LogP contribution in [-0.4, -0.2) is 56.9 Å². The predicted molar refractivity (Wildman–Crippen MR) is 152 cm³/mol. The second-order valence-electron chi connectivity index (χ2n) is 9.10. The molecule has 0 saturated heterocycles. The van der Waals surface area contributed by atoms with Gasteiger partial charge in [-0.1, -0.05) is 24.3 Å². The number of tetrazole rings is 1. The maximum absolute atomic E-state index is 12.5. The maximum Gasteiger partial charge on any atom is 0.253 e. The van der Waals surface area contributed by atoms with E-state index in [1.807, 2.05) is 43.3 Å². The summed E-state index contributed by atoms with van der Waals surface area (Å²) in [6.45, 7) is 2.31. The SMILES string of the molecule is COc1ccc(-c2c(C=CCNC(=O)c3cccnc3)c(C)nc(Oc3ccc4c(c3)OCO4)c2-c2nn[nH]n2)cc1. The molecule has 0 fully saturated rings. The van der Waals surface area contributed by atoms with Crippen LogP contribution in [0.25, 0.3) is 28.6 Å². The molecule has 42 heavy (non-hydrogen) atoms. The monoisotopic (exact) mass is 563 g/mol. The first-order valence-electron chi connectivity index (χ1n) is 13.0. The number of hydrogen-bond donors (Lipinski definition) is 2. The molecule has 4 heterocycles. The van der Waals surface area contributed by atoms with Gasteiger partial charge in [0, 0.05) is 41.8 Å². The second-order valence-corrected chi connectivity index (χ2v) is 9.10. The molecule has 0 radical (unpaired) electrons. The fourth-order valence-corrected chi connectivity index (χ4v) is 4.48. The summed E-state index contributed by atoms with van der Waals surface area (Å²) in [4.78, 5) is 21.3. The lowest BCUT2D eigenvalue weighted by Gasteiger charge is -2.18. The van der Waals surface area contributed by atoms with Gasteiger partial charge in [-0.25, -0.2) is 4.98 Å². The molecule has 0 spiro atoms. The average molecular weight is 564 g/mol. The molecule has 1 amide bonds. The summed E-state index contributed by atoms with van der Waals surface area (Å²) in [6.07, 6.45) is 6.89. The van der Waals surface area contributed by atoms with E-state index < -0.39 is 0 Å². The van der Waals surface area contributed by atoms with E-state index >= 15 is 0 Å². The summed E-state index contributed by atoms with van der Waals surface area (Å²) >= 11 is 0. The third-order valence-electron chi connectivity index (χ3n) is 6.49. The van der Waals surface area contributed by atoms with E-state index in [0.717, 1.165) is 16.7 Å². The van der Waals surface area contributed by atoms with Crippen molar-refractivity contribution < 1.29 is 23.7 Å². The molecule has 0 saturated carbocycles. The van der Waals surface area contributed by atoms with Crippen molar-refractivity contribution in [2.45, 2.75) is 6.92 Å². The third-order valence-corrected chi connectivity index (χ3v) is 6.49. The molecule has 12 heteroatoms. The van der Waals surface area contributed by atoms with Crippen molar-refractivity contribution in [3.8, 4) is 51.4 Å². The Bertz CT molecular complexity index is 1740. The van der Waals surface area contributed by atoms with Crippen molar-refractivity contribution in [3.63, 3.8) is 0 Å². The number of aromatic nitrogens is 6. The quantitative estimate of drug-likeness (QED) is 0.261. The molecular formula is C30H25N7O5. The Morgan fingerprint density at radius 1 is 1.07 bits per heavy atom. The van der Waals surface area contributed by atoms with E-state index in [1.54, 1.807) is 43.6 Å². The Balaban J connectivity index is 1.42. The zero-order valence-electron chi connectivity index (χ0n) is 22.7. The molecule has 1 aliphatic heterocycles. The van der Waals surface area contributed by atoms with Crippen molar-refractivity contribution >= 4 is 12.0 Å². The van der Waals surface area contributed by atoms with Gasteiger partial charge in [0.25, 0.3) is 5.91 Å². The molecule has 12 nitrogen and oxygen atoms in total. The van der Waals surface area contributed by atoms with Crippen LogP contribution in [0.3, 0.4) is 0 Å². The highest BCUT2D eigenvalue weighted by Crippen LogP contribution is 2.44. The van der Waals surface area contributed by atoms with Crippen LogP contribution >= 0.6 is 0 Å². The summed E-state index contributed by atoms with van der Waals surface area (Å²) in [5, 5.41) is 17.7. The minimum atomic E-state index is -0.224. The molecule has 0 unspecified atom stereocenters. The highest BCUT2D eigenvalue weighted by molar-refractivity contribution is 5.94. The van der Waals surface area contributed by atoms with Gasteiger partial charge in [-0.05, 0) is 54.1 Å². The highest BCUT2D eigenvalue weighted by Gasteiger charge is 2.25. The Morgan fingerprint density at radius 3 is 2.67 bits per heavy atom. The Hall–Kier alpha value is -5.78. The zero-order valence-corrected chi connectivity index (χ0v) is 22.7. The number of H-pyrrole nitrogens is 1. The summed E-state index contributed by atoms with van der Waals surface area (Å²) in [5.41, 5.74) is 4.07. The lowest BCUT2D eigenvalue weighted by atomic mass is 9.93. The molecule has 2 N–H and O–H groups in total. The topological polar surface area (TPSA) is 146 Å². The van der Waals surface area contributed by atoms with Gasteiger partial charge in [0.1, 0.15) is 11.5 Å². The summed E-state index contributed by atoms with van der Waals surface area (Å²) < 4.78 is 22.7. The first-order valence-corrected chi connectivity index (χ1v) is 13.0. The number of amides is 1. The minimum absolute atomic E-state index is 0.148. The van der Waals surface area contributed by atoms with E-state index in [0.29, 0.717) is 45.6 Å². The Labute approximate surface area is 240 Å². The van der Waals surface area contributed by atoms with E-state index in [-0.39, 0.29) is 25.1 Å². The normalized spacial score (nSPS) is 12.0. The number of carbonyl (C=O) groups is 1. The Kier molecular flexibility index (Phi) is 7.40. The van der Waals surface area contributed by atoms with Crippen LogP contribution in [0.4, 0.5) is 0 Å². The van der Waals surface area contributed by atoms with Crippen LogP contribution < -0.4 is 24.3 Å². The number of benzene rings is 2. The fraction of sp³-hybridized carbons (Fsp3) is 0.133. The van der Waals surface area contributed by atoms with Crippen LogP contribution in [0, 0.1) is 6.92 Å². The predicted octanol–water partition coefficient (Wildman–Crippen LogP) is 4.60. The number of ether oxygens (including phenoxy) is 4. The molecule has 0 bridgehead atoms. The number of rotatable bonds is 9. The van der Waals surface area contributed by atoms with Crippen LogP contribution in [0.15, 0.2) is 73.1 Å². The van der Waals surface area contributed by atoms with Crippen molar-refractivity contribution in [1.29, 1.82) is 0 Å². The minimum Gasteiger partial charge on any atom is -0.497 e. The number of fused-ring (bicyclic) bond motifs is 1. The zero-order chi connectivity index (χ0) is 28.9. The Morgan fingerprint density at radius 2 is 1.90 bits per heavy atom. The number of aromatic amines is 1. The van der Waals surface area contributed by atoms with Crippen molar-refractivity contribution in [2.24, 2.45) is 0 Å². The van der Waals surface area contributed by atoms with Crippen molar-refractivity contribution in [1.82, 2.24) is 35.9 Å². The molecular weight excluding hydrogens is 538 g/mol. The number of carbonyl (C=O) groups excluding carboxylic acids is 1. The van der Waals surface area contributed by atoms with Gasteiger partial charge >= 0.3 is 0 Å². The molecule has 6 rings (SSSR count). The largest absolute Gasteiger partial charge is 0.497 e. The highest BCUT2D eigenvalue weighted by atomic mass is 16.7.